The van der Waals surface area contributed by atoms with Gasteiger partial charge in [-0.3, -0.25) is 0 Å². The lowest BCUT2D eigenvalue weighted by atomic mass is 10.3. The number of ether oxygens (including phenoxy) is 1. The lowest BCUT2D eigenvalue weighted by Gasteiger charge is -2.05. The highest BCUT2D eigenvalue weighted by Crippen LogP contribution is 2.20. The third-order valence-corrected chi connectivity index (χ3v) is 3.40. The summed E-state index contributed by atoms with van der Waals surface area (Å²) in [7, 11) is 0. The molecule has 2 heterocycles. The summed E-state index contributed by atoms with van der Waals surface area (Å²) in [6.45, 7) is 2.40. The lowest BCUT2D eigenvalue weighted by molar-refractivity contribution is 0.307. The van der Waals surface area contributed by atoms with Crippen LogP contribution in [0, 0.1) is 6.92 Å². The number of rotatable bonds is 4. The van der Waals surface area contributed by atoms with Gasteiger partial charge in [-0.25, -0.2) is 4.98 Å². The minimum Gasteiger partial charge on any atom is -0.475 e. The van der Waals surface area contributed by atoms with Crippen LogP contribution in [0.15, 0.2) is 5.51 Å². The van der Waals surface area contributed by atoms with Crippen molar-refractivity contribution in [1.82, 2.24) is 20.2 Å². The van der Waals surface area contributed by atoms with Gasteiger partial charge in [-0.1, -0.05) is 11.6 Å². The fourth-order valence-corrected chi connectivity index (χ4v) is 2.19. The van der Waals surface area contributed by atoms with Crippen molar-refractivity contribution in [1.29, 1.82) is 0 Å². The molecule has 0 spiro atoms. The fraction of sp³-hybridized carbons (Fsp3) is 0.333. The van der Waals surface area contributed by atoms with E-state index in [9.17, 15) is 0 Å². The Morgan fingerprint density at radius 3 is 2.88 bits per heavy atom. The Kier molecular flexibility index (Phi) is 4.09. The van der Waals surface area contributed by atoms with Crippen LogP contribution in [0.1, 0.15) is 10.6 Å². The van der Waals surface area contributed by atoms with E-state index in [4.69, 9.17) is 27.9 Å². The van der Waals surface area contributed by atoms with Gasteiger partial charge in [-0.05, 0) is 18.5 Å². The van der Waals surface area contributed by atoms with Crippen molar-refractivity contribution >= 4 is 34.5 Å². The number of halogens is 2. The first kappa shape index (κ1) is 12.5. The molecule has 0 fully saturated rings. The van der Waals surface area contributed by atoms with E-state index < -0.39 is 0 Å². The molecule has 0 atom stereocenters. The third-order valence-electron chi connectivity index (χ3n) is 2.00. The highest BCUT2D eigenvalue weighted by atomic mass is 35.5. The van der Waals surface area contributed by atoms with Crippen LogP contribution in [-0.4, -0.2) is 26.8 Å². The average Bonchev–Trinajstić information content (AvgIpc) is 2.70. The van der Waals surface area contributed by atoms with Crippen LogP contribution in [0.25, 0.3) is 0 Å². The van der Waals surface area contributed by atoms with Gasteiger partial charge < -0.3 is 4.74 Å². The van der Waals surface area contributed by atoms with E-state index in [2.05, 4.69) is 20.2 Å². The summed E-state index contributed by atoms with van der Waals surface area (Å²) in [6.07, 6.45) is 0.744. The Morgan fingerprint density at radius 2 is 2.18 bits per heavy atom. The molecule has 0 aliphatic rings. The summed E-state index contributed by atoms with van der Waals surface area (Å²) in [5.74, 6) is 0.203. The first-order valence-corrected chi connectivity index (χ1v) is 6.38. The number of nitrogens with zero attached hydrogens (tertiary/aromatic N) is 4. The van der Waals surface area contributed by atoms with Crippen LogP contribution in [0.3, 0.4) is 0 Å². The zero-order valence-corrected chi connectivity index (χ0v) is 11.2. The van der Waals surface area contributed by atoms with E-state index in [1.165, 1.54) is 4.88 Å². The highest BCUT2D eigenvalue weighted by molar-refractivity contribution is 7.09. The monoisotopic (exact) mass is 290 g/mol. The quantitative estimate of drug-likeness (QED) is 0.866. The van der Waals surface area contributed by atoms with Crippen LogP contribution in [-0.2, 0) is 6.42 Å². The Hall–Kier alpha value is -0.980. The summed E-state index contributed by atoms with van der Waals surface area (Å²) in [6, 6.07) is 0. The second kappa shape index (κ2) is 5.57. The summed E-state index contributed by atoms with van der Waals surface area (Å²) in [4.78, 5) is 9.17. The third kappa shape index (κ3) is 3.24. The molecule has 0 aromatic carbocycles. The summed E-state index contributed by atoms with van der Waals surface area (Å²) in [5.41, 5.74) is 2.82. The van der Waals surface area contributed by atoms with Crippen molar-refractivity contribution < 1.29 is 4.74 Å². The molecule has 90 valence electrons. The van der Waals surface area contributed by atoms with Crippen LogP contribution in [0.2, 0.25) is 10.4 Å². The van der Waals surface area contributed by atoms with Gasteiger partial charge in [-0.2, -0.15) is 4.98 Å². The van der Waals surface area contributed by atoms with Crippen LogP contribution in [0.5, 0.6) is 5.88 Å². The molecule has 0 radical (unpaired) electrons. The van der Waals surface area contributed by atoms with Crippen molar-refractivity contribution in [3.63, 3.8) is 0 Å². The first-order chi connectivity index (χ1) is 8.16. The van der Waals surface area contributed by atoms with Crippen molar-refractivity contribution in [2.45, 2.75) is 13.3 Å². The molecule has 0 saturated carbocycles. The van der Waals surface area contributed by atoms with Gasteiger partial charge in [0, 0.05) is 11.3 Å². The predicted molar refractivity (Wildman–Crippen MR) is 65.9 cm³/mol. The smallest absolute Gasteiger partial charge is 0.256 e. The molecule has 0 saturated heterocycles. The Morgan fingerprint density at radius 1 is 1.35 bits per heavy atom. The summed E-state index contributed by atoms with van der Waals surface area (Å²) < 4.78 is 5.39. The Balaban J connectivity index is 1.94. The SMILES string of the molecule is Cc1ncsc1CCOc1nc(Cl)nnc1Cl. The van der Waals surface area contributed by atoms with Gasteiger partial charge in [0.15, 0.2) is 0 Å². The molecule has 2 aromatic heterocycles. The molecular formula is C9H8Cl2N4OS. The maximum Gasteiger partial charge on any atom is 0.256 e. The Labute approximate surface area is 112 Å². The van der Waals surface area contributed by atoms with E-state index >= 15 is 0 Å². The molecule has 0 bridgehead atoms. The molecule has 5 nitrogen and oxygen atoms in total. The van der Waals surface area contributed by atoms with E-state index in [1.54, 1.807) is 16.8 Å². The van der Waals surface area contributed by atoms with Crippen molar-refractivity contribution in [3.05, 3.63) is 26.5 Å². The minimum absolute atomic E-state index is 0.0124. The van der Waals surface area contributed by atoms with E-state index in [-0.39, 0.29) is 16.3 Å². The Bertz CT molecular complexity index is 519. The number of hydrogen-bond donors (Lipinski definition) is 0. The molecule has 17 heavy (non-hydrogen) atoms. The molecule has 0 aliphatic heterocycles. The average molecular weight is 291 g/mol. The summed E-state index contributed by atoms with van der Waals surface area (Å²) >= 11 is 12.9. The van der Waals surface area contributed by atoms with E-state index in [1.807, 2.05) is 6.92 Å². The molecule has 0 amide bonds. The van der Waals surface area contributed by atoms with Crippen molar-refractivity contribution in [3.8, 4) is 5.88 Å². The largest absolute Gasteiger partial charge is 0.475 e. The van der Waals surface area contributed by atoms with Crippen LogP contribution in [0.4, 0.5) is 0 Å². The maximum absolute atomic E-state index is 5.76. The van der Waals surface area contributed by atoms with Crippen LogP contribution < -0.4 is 4.74 Å². The van der Waals surface area contributed by atoms with E-state index in [0.717, 1.165) is 12.1 Å². The van der Waals surface area contributed by atoms with Crippen molar-refractivity contribution in [2.24, 2.45) is 0 Å². The standard InChI is InChI=1S/C9H8Cl2N4OS/c1-5-6(17-4-12-5)2-3-16-8-7(10)14-15-9(11)13-8/h4H,2-3H2,1H3. The van der Waals surface area contributed by atoms with Gasteiger partial charge in [0.25, 0.3) is 5.88 Å². The second-order valence-corrected chi connectivity index (χ2v) is 4.77. The predicted octanol–water partition coefficient (Wildman–Crippen LogP) is 2.56. The lowest BCUT2D eigenvalue weighted by Crippen LogP contribution is -2.04. The van der Waals surface area contributed by atoms with Gasteiger partial charge >= 0.3 is 0 Å². The maximum atomic E-state index is 5.76. The topological polar surface area (TPSA) is 60.8 Å². The van der Waals surface area contributed by atoms with Gasteiger partial charge in [0.1, 0.15) is 0 Å². The molecule has 0 N–H and O–H groups in total. The zero-order chi connectivity index (χ0) is 12.3. The van der Waals surface area contributed by atoms with Gasteiger partial charge in [-0.15, -0.1) is 21.5 Å². The second-order valence-electron chi connectivity index (χ2n) is 3.14. The molecular weight excluding hydrogens is 283 g/mol. The number of hydrogen-bond acceptors (Lipinski definition) is 6. The minimum atomic E-state index is 0.0124. The molecule has 8 heteroatoms. The zero-order valence-electron chi connectivity index (χ0n) is 8.85. The first-order valence-electron chi connectivity index (χ1n) is 4.74. The number of aromatic nitrogens is 4. The number of thiazole rings is 1. The fourth-order valence-electron chi connectivity index (χ4n) is 1.18. The molecule has 2 rings (SSSR count). The highest BCUT2D eigenvalue weighted by Gasteiger charge is 2.08. The van der Waals surface area contributed by atoms with Gasteiger partial charge in [0.05, 0.1) is 17.8 Å². The molecule has 0 unspecified atom stereocenters. The number of aryl methyl sites for hydroxylation is 1. The molecule has 2 aromatic rings. The normalized spacial score (nSPS) is 10.5. The van der Waals surface area contributed by atoms with Crippen molar-refractivity contribution in [2.75, 3.05) is 6.61 Å². The summed E-state index contributed by atoms with van der Waals surface area (Å²) in [5, 5.41) is 7.21. The van der Waals surface area contributed by atoms with Crippen LogP contribution >= 0.6 is 34.5 Å². The van der Waals surface area contributed by atoms with E-state index in [0.29, 0.717) is 6.61 Å². The molecule has 0 aliphatic carbocycles. The van der Waals surface area contributed by atoms with Gasteiger partial charge in [0.2, 0.25) is 10.4 Å².